The average molecular weight is 432 g/mol. The Balaban J connectivity index is 1.58. The number of anilines is 1. The van der Waals surface area contributed by atoms with Crippen LogP contribution in [0.3, 0.4) is 0 Å². The zero-order valence-corrected chi connectivity index (χ0v) is 17.2. The summed E-state index contributed by atoms with van der Waals surface area (Å²) in [5, 5.41) is 7.32. The van der Waals surface area contributed by atoms with Crippen LogP contribution in [-0.4, -0.2) is 46.0 Å². The first-order chi connectivity index (χ1) is 15.6. The fourth-order valence-corrected chi connectivity index (χ4v) is 3.76. The van der Waals surface area contributed by atoms with Gasteiger partial charge < -0.3 is 15.8 Å². The summed E-state index contributed by atoms with van der Waals surface area (Å²) in [6, 6.07) is 13.2. The molecule has 0 spiro atoms. The predicted molar refractivity (Wildman–Crippen MR) is 120 cm³/mol. The second kappa shape index (κ2) is 8.35. The molecule has 0 radical (unpaired) electrons. The minimum absolute atomic E-state index is 0.00284. The Hall–Kier alpha value is -3.85. The molecule has 4 aromatic rings. The van der Waals surface area contributed by atoms with Crippen LogP contribution in [0.15, 0.2) is 53.6 Å². The Labute approximate surface area is 182 Å². The fourth-order valence-electron chi connectivity index (χ4n) is 3.76. The standard InChI is InChI=1S/C23H21FN6O2/c24-15-9-7-14(8-10-15)12-27-30-21(25)19(23(31)26-13-16-4-3-11-32-16)20-22(30)29-18-6-2-1-5-17(18)28-20/h1-2,5-10,12,16H,3-4,11,13,25H2,(H,26,31)/t16-/m0/s1. The molecule has 1 fully saturated rings. The Morgan fingerprint density at radius 2 is 1.97 bits per heavy atom. The molecule has 1 amide bonds. The summed E-state index contributed by atoms with van der Waals surface area (Å²) < 4.78 is 20.2. The molecule has 1 aliphatic rings. The first kappa shape index (κ1) is 20.1. The molecule has 0 saturated carbocycles. The third kappa shape index (κ3) is 3.78. The minimum Gasteiger partial charge on any atom is -0.383 e. The number of nitrogens with zero attached hydrogens (tertiary/aromatic N) is 4. The number of benzene rings is 2. The van der Waals surface area contributed by atoms with E-state index in [1.165, 1.54) is 23.0 Å². The van der Waals surface area contributed by atoms with Gasteiger partial charge >= 0.3 is 0 Å². The number of fused-ring (bicyclic) bond motifs is 2. The molecule has 1 aliphatic heterocycles. The number of aromatic nitrogens is 3. The van der Waals surface area contributed by atoms with Gasteiger partial charge in [-0.3, -0.25) is 4.79 Å². The first-order valence-electron chi connectivity index (χ1n) is 10.4. The molecule has 0 unspecified atom stereocenters. The monoisotopic (exact) mass is 432 g/mol. The van der Waals surface area contributed by atoms with E-state index < -0.39 is 0 Å². The van der Waals surface area contributed by atoms with E-state index in [0.29, 0.717) is 40.9 Å². The Morgan fingerprint density at radius 3 is 2.69 bits per heavy atom. The number of hydrogen-bond acceptors (Lipinski definition) is 6. The third-order valence-corrected chi connectivity index (χ3v) is 5.41. The molecule has 162 valence electrons. The average Bonchev–Trinajstić information content (AvgIpc) is 3.41. The molecule has 0 aliphatic carbocycles. The van der Waals surface area contributed by atoms with Gasteiger partial charge in [0.1, 0.15) is 22.7 Å². The molecule has 3 heterocycles. The Bertz CT molecular complexity index is 1330. The van der Waals surface area contributed by atoms with E-state index in [4.69, 9.17) is 10.5 Å². The molecule has 32 heavy (non-hydrogen) atoms. The van der Waals surface area contributed by atoms with Crippen LogP contribution in [0.1, 0.15) is 28.8 Å². The van der Waals surface area contributed by atoms with Crippen molar-refractivity contribution < 1.29 is 13.9 Å². The van der Waals surface area contributed by atoms with Gasteiger partial charge in [0, 0.05) is 13.2 Å². The third-order valence-electron chi connectivity index (χ3n) is 5.41. The Kier molecular flexibility index (Phi) is 5.24. The molecule has 2 aromatic carbocycles. The van der Waals surface area contributed by atoms with E-state index in [1.54, 1.807) is 12.1 Å². The Morgan fingerprint density at radius 1 is 1.22 bits per heavy atom. The second-order valence-electron chi connectivity index (χ2n) is 7.60. The number of nitrogens with two attached hydrogens (primary N) is 1. The van der Waals surface area contributed by atoms with Crippen molar-refractivity contribution >= 4 is 40.1 Å². The van der Waals surface area contributed by atoms with Crippen LogP contribution in [0, 0.1) is 5.82 Å². The highest BCUT2D eigenvalue weighted by Gasteiger charge is 2.25. The van der Waals surface area contributed by atoms with Crippen LogP contribution in [-0.2, 0) is 4.74 Å². The summed E-state index contributed by atoms with van der Waals surface area (Å²) in [5.74, 6) is -0.572. The lowest BCUT2D eigenvalue weighted by Gasteiger charge is -2.10. The zero-order valence-electron chi connectivity index (χ0n) is 17.2. The summed E-state index contributed by atoms with van der Waals surface area (Å²) >= 11 is 0. The molecule has 1 atom stereocenters. The number of para-hydroxylation sites is 2. The molecular formula is C23H21FN6O2. The van der Waals surface area contributed by atoms with Gasteiger partial charge in [0.25, 0.3) is 5.91 Å². The van der Waals surface area contributed by atoms with Gasteiger partial charge in [0.15, 0.2) is 5.65 Å². The first-order valence-corrected chi connectivity index (χ1v) is 10.4. The van der Waals surface area contributed by atoms with E-state index in [-0.39, 0.29) is 29.2 Å². The summed E-state index contributed by atoms with van der Waals surface area (Å²) in [5.41, 5.74) is 9.28. The topological polar surface area (TPSA) is 107 Å². The second-order valence-corrected chi connectivity index (χ2v) is 7.60. The number of nitrogen functional groups attached to an aromatic ring is 1. The predicted octanol–water partition coefficient (Wildman–Crippen LogP) is 3.10. The van der Waals surface area contributed by atoms with Crippen molar-refractivity contribution in [3.8, 4) is 0 Å². The minimum atomic E-state index is -0.358. The molecular weight excluding hydrogens is 411 g/mol. The quantitative estimate of drug-likeness (QED) is 0.471. The van der Waals surface area contributed by atoms with Crippen molar-refractivity contribution in [3.63, 3.8) is 0 Å². The number of carbonyl (C=O) groups is 1. The number of ether oxygens (including phenoxy) is 1. The normalized spacial score (nSPS) is 16.3. The maximum absolute atomic E-state index is 13.2. The number of hydrogen-bond donors (Lipinski definition) is 2. The highest BCUT2D eigenvalue weighted by atomic mass is 19.1. The highest BCUT2D eigenvalue weighted by molar-refractivity contribution is 6.10. The van der Waals surface area contributed by atoms with Crippen LogP contribution in [0.2, 0.25) is 0 Å². The van der Waals surface area contributed by atoms with Gasteiger partial charge in [-0.1, -0.05) is 24.3 Å². The fraction of sp³-hybridized carbons (Fsp3) is 0.217. The molecule has 2 aromatic heterocycles. The molecule has 9 heteroatoms. The summed E-state index contributed by atoms with van der Waals surface area (Å²) in [4.78, 5) is 22.4. The van der Waals surface area contributed by atoms with E-state index in [0.717, 1.165) is 12.8 Å². The van der Waals surface area contributed by atoms with Gasteiger partial charge in [-0.25, -0.2) is 14.4 Å². The van der Waals surface area contributed by atoms with Crippen molar-refractivity contribution in [2.24, 2.45) is 5.10 Å². The van der Waals surface area contributed by atoms with Gasteiger partial charge in [-0.15, -0.1) is 0 Å². The van der Waals surface area contributed by atoms with E-state index in [9.17, 15) is 9.18 Å². The molecule has 0 bridgehead atoms. The lowest BCUT2D eigenvalue weighted by atomic mass is 10.2. The zero-order chi connectivity index (χ0) is 22.1. The lowest BCUT2D eigenvalue weighted by molar-refractivity contribution is 0.0859. The van der Waals surface area contributed by atoms with Crippen LogP contribution in [0.25, 0.3) is 22.2 Å². The molecule has 5 rings (SSSR count). The van der Waals surface area contributed by atoms with Crippen molar-refractivity contribution in [1.29, 1.82) is 0 Å². The summed E-state index contributed by atoms with van der Waals surface area (Å²) in [7, 11) is 0. The van der Waals surface area contributed by atoms with Gasteiger partial charge in [-0.2, -0.15) is 9.78 Å². The highest BCUT2D eigenvalue weighted by Crippen LogP contribution is 2.28. The van der Waals surface area contributed by atoms with Crippen molar-refractivity contribution in [3.05, 3.63) is 65.5 Å². The number of amides is 1. The number of nitrogens with one attached hydrogen (secondary N) is 1. The largest absolute Gasteiger partial charge is 0.383 e. The maximum Gasteiger partial charge on any atom is 0.257 e. The van der Waals surface area contributed by atoms with Crippen molar-refractivity contribution in [1.82, 2.24) is 20.0 Å². The SMILES string of the molecule is Nc1c(C(=O)NC[C@@H]2CCCO2)c2nc3ccccc3nc2n1N=Cc1ccc(F)cc1. The van der Waals surface area contributed by atoms with Crippen LogP contribution in [0.4, 0.5) is 10.2 Å². The smallest absolute Gasteiger partial charge is 0.257 e. The van der Waals surface area contributed by atoms with E-state index >= 15 is 0 Å². The van der Waals surface area contributed by atoms with Gasteiger partial charge in [0.2, 0.25) is 0 Å². The van der Waals surface area contributed by atoms with E-state index in [2.05, 4.69) is 20.4 Å². The molecule has 3 N–H and O–H groups in total. The van der Waals surface area contributed by atoms with Crippen molar-refractivity contribution in [2.75, 3.05) is 18.9 Å². The van der Waals surface area contributed by atoms with Gasteiger partial charge in [0.05, 0.1) is 23.4 Å². The molecule has 8 nitrogen and oxygen atoms in total. The van der Waals surface area contributed by atoms with Crippen LogP contribution < -0.4 is 11.1 Å². The van der Waals surface area contributed by atoms with Gasteiger partial charge in [-0.05, 0) is 42.7 Å². The molecule has 1 saturated heterocycles. The number of carbonyl (C=O) groups excluding carboxylic acids is 1. The van der Waals surface area contributed by atoms with E-state index in [1.807, 2.05) is 24.3 Å². The lowest BCUT2D eigenvalue weighted by Crippen LogP contribution is -2.32. The van der Waals surface area contributed by atoms with Crippen LogP contribution in [0.5, 0.6) is 0 Å². The van der Waals surface area contributed by atoms with Crippen LogP contribution >= 0.6 is 0 Å². The number of halogens is 1. The van der Waals surface area contributed by atoms with Crippen molar-refractivity contribution in [2.45, 2.75) is 18.9 Å². The summed E-state index contributed by atoms with van der Waals surface area (Å²) in [6.45, 7) is 1.10. The maximum atomic E-state index is 13.2. The number of rotatable bonds is 5. The summed E-state index contributed by atoms with van der Waals surface area (Å²) in [6.07, 6.45) is 3.42.